The molecule has 0 aromatic heterocycles. The molecule has 3 rings (SSSR count). The Kier molecular flexibility index (Phi) is 3.81. The molecule has 21 heavy (non-hydrogen) atoms. The van der Waals surface area contributed by atoms with Gasteiger partial charge in [-0.1, -0.05) is 15.9 Å². The Hall–Kier alpha value is -1.67. The number of amides is 1. The Labute approximate surface area is 129 Å². The van der Waals surface area contributed by atoms with Crippen molar-refractivity contribution in [3.63, 3.8) is 0 Å². The Morgan fingerprint density at radius 3 is 3.00 bits per heavy atom. The lowest BCUT2D eigenvalue weighted by molar-refractivity contribution is -0.384. The van der Waals surface area contributed by atoms with Crippen molar-refractivity contribution in [2.24, 2.45) is 0 Å². The van der Waals surface area contributed by atoms with E-state index in [1.165, 1.54) is 6.07 Å². The molecule has 1 aromatic carbocycles. The van der Waals surface area contributed by atoms with Crippen LogP contribution >= 0.6 is 15.9 Å². The van der Waals surface area contributed by atoms with Crippen LogP contribution in [0.4, 0.5) is 11.4 Å². The Morgan fingerprint density at radius 2 is 2.29 bits per heavy atom. The summed E-state index contributed by atoms with van der Waals surface area (Å²) in [5.41, 5.74) is 0.498. The second-order valence-corrected chi connectivity index (χ2v) is 6.13. The Bertz CT molecular complexity index is 595. The number of nitro groups is 1. The molecule has 2 saturated heterocycles. The summed E-state index contributed by atoms with van der Waals surface area (Å²) in [6, 6.07) is 4.97. The number of ether oxygens (including phenoxy) is 1. The summed E-state index contributed by atoms with van der Waals surface area (Å²) in [6.07, 6.45) is 0.735. The molecule has 1 N–H and O–H groups in total. The number of nitrogens with one attached hydrogen (secondary N) is 1. The average Bonchev–Trinajstić information content (AvgIpc) is 2.85. The van der Waals surface area contributed by atoms with Gasteiger partial charge in [0.25, 0.3) is 5.69 Å². The first-order valence-corrected chi connectivity index (χ1v) is 7.41. The number of carbonyl (C=O) groups is 1. The van der Waals surface area contributed by atoms with E-state index < -0.39 is 4.92 Å². The molecule has 0 radical (unpaired) electrons. The highest BCUT2D eigenvalue weighted by atomic mass is 79.9. The number of nitrogens with zero attached hydrogens (tertiary/aromatic N) is 2. The van der Waals surface area contributed by atoms with Crippen molar-refractivity contribution in [2.45, 2.75) is 18.5 Å². The summed E-state index contributed by atoms with van der Waals surface area (Å²) in [6.45, 7) is 1.22. The quantitative estimate of drug-likeness (QED) is 0.659. The summed E-state index contributed by atoms with van der Waals surface area (Å²) in [7, 11) is 0. The zero-order valence-electron chi connectivity index (χ0n) is 11.1. The molecule has 2 heterocycles. The van der Waals surface area contributed by atoms with Crippen LogP contribution in [0.5, 0.6) is 0 Å². The van der Waals surface area contributed by atoms with Gasteiger partial charge in [-0.2, -0.15) is 0 Å². The van der Waals surface area contributed by atoms with Gasteiger partial charge in [0.05, 0.1) is 17.6 Å². The highest BCUT2D eigenvalue weighted by Gasteiger charge is 2.38. The number of benzene rings is 1. The second-order valence-electron chi connectivity index (χ2n) is 5.21. The lowest BCUT2D eigenvalue weighted by atomic mass is 10.1. The van der Waals surface area contributed by atoms with Crippen LogP contribution in [-0.2, 0) is 9.53 Å². The van der Waals surface area contributed by atoms with E-state index in [-0.39, 0.29) is 30.3 Å². The first-order chi connectivity index (χ1) is 10.0. The maximum absolute atomic E-state index is 11.8. The van der Waals surface area contributed by atoms with Gasteiger partial charge in [-0.3, -0.25) is 14.9 Å². The monoisotopic (exact) mass is 355 g/mol. The van der Waals surface area contributed by atoms with Crippen molar-refractivity contribution in [1.82, 2.24) is 4.90 Å². The number of nitro benzene ring substituents is 1. The molecule has 112 valence electrons. The van der Waals surface area contributed by atoms with Crippen LogP contribution in [0, 0.1) is 10.1 Å². The van der Waals surface area contributed by atoms with Crippen LogP contribution in [-0.4, -0.2) is 47.6 Å². The van der Waals surface area contributed by atoms with Gasteiger partial charge < -0.3 is 15.0 Å². The van der Waals surface area contributed by atoms with Crippen molar-refractivity contribution < 1.29 is 14.5 Å². The first kappa shape index (κ1) is 14.3. The molecule has 0 bridgehead atoms. The number of morpholine rings is 1. The molecule has 2 fully saturated rings. The minimum Gasteiger partial charge on any atom is -0.375 e. The van der Waals surface area contributed by atoms with Crippen LogP contribution in [0.3, 0.4) is 0 Å². The fourth-order valence-corrected chi connectivity index (χ4v) is 3.20. The minimum absolute atomic E-state index is 0.000487. The third kappa shape index (κ3) is 2.86. The van der Waals surface area contributed by atoms with Crippen molar-refractivity contribution in [3.05, 3.63) is 32.8 Å². The maximum atomic E-state index is 11.8. The predicted molar refractivity (Wildman–Crippen MR) is 79.1 cm³/mol. The van der Waals surface area contributed by atoms with Gasteiger partial charge in [-0.05, 0) is 18.6 Å². The van der Waals surface area contributed by atoms with E-state index >= 15 is 0 Å². The number of anilines is 1. The molecule has 0 saturated carbocycles. The molecule has 2 unspecified atom stereocenters. The molecular formula is C13H14BrN3O4. The van der Waals surface area contributed by atoms with Gasteiger partial charge in [0.1, 0.15) is 12.3 Å². The third-order valence-electron chi connectivity index (χ3n) is 3.79. The summed E-state index contributed by atoms with van der Waals surface area (Å²) in [4.78, 5) is 24.2. The number of hydrogen-bond donors (Lipinski definition) is 1. The van der Waals surface area contributed by atoms with Gasteiger partial charge in [0.2, 0.25) is 5.91 Å². The summed E-state index contributed by atoms with van der Waals surface area (Å²) < 4.78 is 5.90. The van der Waals surface area contributed by atoms with Crippen LogP contribution in [0.15, 0.2) is 22.7 Å². The molecule has 7 nitrogen and oxygen atoms in total. The summed E-state index contributed by atoms with van der Waals surface area (Å²) >= 11 is 3.23. The Balaban J connectivity index is 1.76. The molecule has 2 aliphatic rings. The molecule has 0 aliphatic carbocycles. The molecule has 1 aromatic rings. The summed E-state index contributed by atoms with van der Waals surface area (Å²) in [5.74, 6) is -0.0131. The number of hydrogen-bond acceptors (Lipinski definition) is 5. The van der Waals surface area contributed by atoms with Crippen LogP contribution in [0.1, 0.15) is 6.42 Å². The van der Waals surface area contributed by atoms with Gasteiger partial charge in [0.15, 0.2) is 0 Å². The minimum atomic E-state index is -0.413. The number of halogens is 1. The largest absolute Gasteiger partial charge is 0.375 e. The van der Waals surface area contributed by atoms with Gasteiger partial charge >= 0.3 is 0 Å². The van der Waals surface area contributed by atoms with Crippen LogP contribution < -0.4 is 5.32 Å². The van der Waals surface area contributed by atoms with Crippen molar-refractivity contribution in [3.8, 4) is 0 Å². The SMILES string of the molecule is O=C1COCC2CC(Nc3ccc(Br)cc3[N+](=O)[O-])CN12. The van der Waals surface area contributed by atoms with E-state index in [9.17, 15) is 14.9 Å². The topological polar surface area (TPSA) is 84.7 Å². The van der Waals surface area contributed by atoms with Crippen molar-refractivity contribution in [2.75, 3.05) is 25.1 Å². The lowest BCUT2D eigenvalue weighted by Gasteiger charge is -2.28. The first-order valence-electron chi connectivity index (χ1n) is 6.62. The molecule has 1 amide bonds. The predicted octanol–water partition coefficient (Wildman–Crippen LogP) is 1.77. The molecular weight excluding hydrogens is 342 g/mol. The maximum Gasteiger partial charge on any atom is 0.293 e. The zero-order valence-corrected chi connectivity index (χ0v) is 12.7. The number of fused-ring (bicyclic) bond motifs is 1. The number of carbonyl (C=O) groups excluding carboxylic acids is 1. The van der Waals surface area contributed by atoms with E-state index in [0.29, 0.717) is 23.3 Å². The fourth-order valence-electron chi connectivity index (χ4n) is 2.85. The summed E-state index contributed by atoms with van der Waals surface area (Å²) in [5, 5.41) is 14.3. The second kappa shape index (κ2) is 5.61. The van der Waals surface area contributed by atoms with Gasteiger partial charge in [-0.15, -0.1) is 0 Å². The van der Waals surface area contributed by atoms with Gasteiger partial charge in [0, 0.05) is 23.1 Å². The zero-order chi connectivity index (χ0) is 15.0. The smallest absolute Gasteiger partial charge is 0.293 e. The Morgan fingerprint density at radius 1 is 1.48 bits per heavy atom. The van der Waals surface area contributed by atoms with E-state index in [1.807, 2.05) is 0 Å². The van der Waals surface area contributed by atoms with Crippen molar-refractivity contribution in [1.29, 1.82) is 0 Å². The standard InChI is InChI=1S/C13H14BrN3O4/c14-8-1-2-11(12(3-8)17(19)20)15-9-4-10-6-21-7-13(18)16(10)5-9/h1-3,9-10,15H,4-7H2. The van der Waals surface area contributed by atoms with Crippen LogP contribution in [0.25, 0.3) is 0 Å². The van der Waals surface area contributed by atoms with E-state index in [1.54, 1.807) is 17.0 Å². The number of rotatable bonds is 3. The highest BCUT2D eigenvalue weighted by Crippen LogP contribution is 2.31. The molecule has 0 spiro atoms. The van der Waals surface area contributed by atoms with E-state index in [4.69, 9.17) is 4.74 Å². The van der Waals surface area contributed by atoms with E-state index in [2.05, 4.69) is 21.2 Å². The lowest BCUT2D eigenvalue weighted by Crippen LogP contribution is -2.45. The molecule has 2 aliphatic heterocycles. The molecule has 2 atom stereocenters. The molecule has 8 heteroatoms. The van der Waals surface area contributed by atoms with Gasteiger partial charge in [-0.25, -0.2) is 0 Å². The highest BCUT2D eigenvalue weighted by molar-refractivity contribution is 9.10. The van der Waals surface area contributed by atoms with E-state index in [0.717, 1.165) is 6.42 Å². The third-order valence-corrected chi connectivity index (χ3v) is 4.28. The van der Waals surface area contributed by atoms with Crippen LogP contribution in [0.2, 0.25) is 0 Å². The fraction of sp³-hybridized carbons (Fsp3) is 0.462. The van der Waals surface area contributed by atoms with Crippen molar-refractivity contribution >= 4 is 33.2 Å². The average molecular weight is 356 g/mol. The normalized spacial score (nSPS) is 24.8.